The molecule has 25 heavy (non-hydrogen) atoms. The van der Waals surface area contributed by atoms with Gasteiger partial charge in [-0.15, -0.1) is 0 Å². The Kier molecular flexibility index (Phi) is 5.31. The lowest BCUT2D eigenvalue weighted by Gasteiger charge is -2.10. The van der Waals surface area contributed by atoms with Crippen LogP contribution in [0.1, 0.15) is 16.7 Å². The summed E-state index contributed by atoms with van der Waals surface area (Å²) in [6.07, 6.45) is 1.66. The molecule has 1 heterocycles. The number of halogens is 1. The molecule has 0 fully saturated rings. The molecule has 0 saturated carbocycles. The number of methoxy groups -OCH3 is 1. The normalized spacial score (nSPS) is 11.2. The summed E-state index contributed by atoms with van der Waals surface area (Å²) in [5.74, 6) is 0.784. The van der Waals surface area contributed by atoms with E-state index in [9.17, 15) is 0 Å². The Labute approximate surface area is 152 Å². The third-order valence-electron chi connectivity index (χ3n) is 3.73. The van der Waals surface area contributed by atoms with E-state index < -0.39 is 0 Å². The standard InChI is InChI=1S/C20H18ClN3O/c1-14-5-9-16(10-6-14)23-24-19(18-4-3-13-22-20(18)21)15-7-11-17(25-2)12-8-15/h3-13,23H,1-2H3. The van der Waals surface area contributed by atoms with Crippen LogP contribution >= 0.6 is 11.6 Å². The van der Waals surface area contributed by atoms with Gasteiger partial charge in [-0.3, -0.25) is 5.43 Å². The number of aromatic nitrogens is 1. The van der Waals surface area contributed by atoms with E-state index in [-0.39, 0.29) is 0 Å². The van der Waals surface area contributed by atoms with Crippen LogP contribution in [0.25, 0.3) is 0 Å². The summed E-state index contributed by atoms with van der Waals surface area (Å²) in [6, 6.07) is 19.4. The predicted molar refractivity (Wildman–Crippen MR) is 103 cm³/mol. The SMILES string of the molecule is COc1ccc(C(=NNc2ccc(C)cc2)c2cccnc2Cl)cc1. The largest absolute Gasteiger partial charge is 0.497 e. The molecular weight excluding hydrogens is 334 g/mol. The molecule has 0 radical (unpaired) electrons. The highest BCUT2D eigenvalue weighted by molar-refractivity contribution is 6.34. The van der Waals surface area contributed by atoms with Gasteiger partial charge in [0.1, 0.15) is 16.6 Å². The van der Waals surface area contributed by atoms with Gasteiger partial charge in [-0.2, -0.15) is 5.10 Å². The highest BCUT2D eigenvalue weighted by atomic mass is 35.5. The van der Waals surface area contributed by atoms with Crippen molar-refractivity contribution in [1.82, 2.24) is 4.98 Å². The lowest BCUT2D eigenvalue weighted by atomic mass is 10.0. The molecule has 0 atom stereocenters. The van der Waals surface area contributed by atoms with Gasteiger partial charge in [-0.05, 0) is 55.5 Å². The van der Waals surface area contributed by atoms with Crippen LogP contribution in [0.3, 0.4) is 0 Å². The number of nitrogens with one attached hydrogen (secondary N) is 1. The first-order chi connectivity index (χ1) is 12.2. The minimum atomic E-state index is 0.405. The molecule has 0 saturated heterocycles. The average Bonchev–Trinajstić information content (AvgIpc) is 2.65. The number of nitrogens with zero attached hydrogens (tertiary/aromatic N) is 2. The van der Waals surface area contributed by atoms with E-state index in [2.05, 4.69) is 15.5 Å². The number of hydrogen-bond donors (Lipinski definition) is 1. The second kappa shape index (κ2) is 7.81. The van der Waals surface area contributed by atoms with E-state index in [1.54, 1.807) is 13.3 Å². The lowest BCUT2D eigenvalue weighted by Crippen LogP contribution is -2.08. The molecule has 0 amide bonds. The molecule has 1 aromatic heterocycles. The van der Waals surface area contributed by atoms with Gasteiger partial charge in [-0.25, -0.2) is 4.98 Å². The number of hydrazone groups is 1. The van der Waals surface area contributed by atoms with Crippen molar-refractivity contribution in [3.63, 3.8) is 0 Å². The number of benzene rings is 2. The summed E-state index contributed by atoms with van der Waals surface area (Å²) < 4.78 is 5.22. The molecule has 0 aliphatic heterocycles. The topological polar surface area (TPSA) is 46.5 Å². The molecule has 2 aromatic carbocycles. The fourth-order valence-electron chi connectivity index (χ4n) is 2.34. The van der Waals surface area contributed by atoms with Gasteiger partial charge >= 0.3 is 0 Å². The first-order valence-electron chi connectivity index (χ1n) is 7.83. The maximum Gasteiger partial charge on any atom is 0.138 e. The van der Waals surface area contributed by atoms with Gasteiger partial charge < -0.3 is 4.74 Å². The van der Waals surface area contributed by atoms with E-state index in [4.69, 9.17) is 16.3 Å². The number of rotatable bonds is 5. The molecule has 0 aliphatic carbocycles. The number of ether oxygens (including phenoxy) is 1. The predicted octanol–water partition coefficient (Wildman–Crippen LogP) is 4.92. The molecule has 3 aromatic rings. The lowest BCUT2D eigenvalue weighted by molar-refractivity contribution is 0.415. The van der Waals surface area contributed by atoms with E-state index in [1.807, 2.05) is 67.6 Å². The van der Waals surface area contributed by atoms with Crippen LogP contribution in [-0.4, -0.2) is 17.8 Å². The fraction of sp³-hybridized carbons (Fsp3) is 0.100. The monoisotopic (exact) mass is 351 g/mol. The second-order valence-corrected chi connectivity index (χ2v) is 5.87. The maximum atomic E-state index is 6.29. The quantitative estimate of drug-likeness (QED) is 0.403. The molecule has 126 valence electrons. The zero-order valence-corrected chi connectivity index (χ0v) is 14.8. The van der Waals surface area contributed by atoms with Crippen LogP contribution in [0.15, 0.2) is 72.0 Å². The minimum absolute atomic E-state index is 0.405. The van der Waals surface area contributed by atoms with Crippen LogP contribution in [0.4, 0.5) is 5.69 Å². The van der Waals surface area contributed by atoms with Crippen LogP contribution in [0, 0.1) is 6.92 Å². The van der Waals surface area contributed by atoms with Crippen molar-refractivity contribution in [3.05, 3.63) is 88.7 Å². The number of pyridine rings is 1. The van der Waals surface area contributed by atoms with E-state index in [1.165, 1.54) is 5.56 Å². The third-order valence-corrected chi connectivity index (χ3v) is 4.03. The van der Waals surface area contributed by atoms with Gasteiger partial charge in [0.05, 0.1) is 12.8 Å². The number of aryl methyl sites for hydroxylation is 1. The molecule has 4 nitrogen and oxygen atoms in total. The Morgan fingerprint density at radius 2 is 1.76 bits per heavy atom. The number of hydrogen-bond acceptors (Lipinski definition) is 4. The molecule has 0 spiro atoms. The van der Waals surface area contributed by atoms with E-state index in [0.717, 1.165) is 22.6 Å². The van der Waals surface area contributed by atoms with Gasteiger partial charge in [-0.1, -0.05) is 29.3 Å². The Morgan fingerprint density at radius 3 is 2.40 bits per heavy atom. The van der Waals surface area contributed by atoms with Crippen molar-refractivity contribution >= 4 is 23.0 Å². The molecule has 1 N–H and O–H groups in total. The van der Waals surface area contributed by atoms with Crippen LogP contribution in [0.2, 0.25) is 5.15 Å². The Bertz CT molecular complexity index is 874. The van der Waals surface area contributed by atoms with Gasteiger partial charge in [0, 0.05) is 17.3 Å². The van der Waals surface area contributed by atoms with Crippen LogP contribution < -0.4 is 10.2 Å². The molecular formula is C20H18ClN3O. The summed E-state index contributed by atoms with van der Waals surface area (Å²) in [5.41, 5.74) is 7.57. The van der Waals surface area contributed by atoms with Gasteiger partial charge in [0.15, 0.2) is 0 Å². The van der Waals surface area contributed by atoms with Crippen molar-refractivity contribution in [2.45, 2.75) is 6.92 Å². The Hall–Kier alpha value is -2.85. The summed E-state index contributed by atoms with van der Waals surface area (Å²) in [5, 5.41) is 4.99. The van der Waals surface area contributed by atoms with Crippen molar-refractivity contribution in [2.24, 2.45) is 5.10 Å². The maximum absolute atomic E-state index is 6.29. The van der Waals surface area contributed by atoms with Gasteiger partial charge in [0.25, 0.3) is 0 Å². The van der Waals surface area contributed by atoms with Gasteiger partial charge in [0.2, 0.25) is 0 Å². The summed E-state index contributed by atoms with van der Waals surface area (Å²) in [4.78, 5) is 4.16. The highest BCUT2D eigenvalue weighted by Gasteiger charge is 2.12. The summed E-state index contributed by atoms with van der Waals surface area (Å²) in [6.45, 7) is 2.05. The average molecular weight is 352 g/mol. The molecule has 0 aliphatic rings. The summed E-state index contributed by atoms with van der Waals surface area (Å²) >= 11 is 6.29. The van der Waals surface area contributed by atoms with Crippen molar-refractivity contribution in [3.8, 4) is 5.75 Å². The fourth-order valence-corrected chi connectivity index (χ4v) is 2.55. The Balaban J connectivity index is 2.00. The highest BCUT2D eigenvalue weighted by Crippen LogP contribution is 2.20. The zero-order chi connectivity index (χ0) is 17.6. The van der Waals surface area contributed by atoms with Crippen molar-refractivity contribution < 1.29 is 4.74 Å². The van der Waals surface area contributed by atoms with E-state index in [0.29, 0.717) is 10.9 Å². The minimum Gasteiger partial charge on any atom is -0.497 e. The first-order valence-corrected chi connectivity index (χ1v) is 8.21. The zero-order valence-electron chi connectivity index (χ0n) is 14.0. The van der Waals surface area contributed by atoms with E-state index >= 15 is 0 Å². The van der Waals surface area contributed by atoms with Crippen molar-refractivity contribution in [1.29, 1.82) is 0 Å². The molecule has 5 heteroatoms. The summed E-state index contributed by atoms with van der Waals surface area (Å²) in [7, 11) is 1.64. The smallest absolute Gasteiger partial charge is 0.138 e. The molecule has 3 rings (SSSR count). The third kappa shape index (κ3) is 4.17. The van der Waals surface area contributed by atoms with Crippen LogP contribution in [0.5, 0.6) is 5.75 Å². The Morgan fingerprint density at radius 1 is 1.04 bits per heavy atom. The molecule has 0 bridgehead atoms. The van der Waals surface area contributed by atoms with Crippen LogP contribution in [-0.2, 0) is 0 Å². The second-order valence-electron chi connectivity index (χ2n) is 5.51. The van der Waals surface area contributed by atoms with Crippen molar-refractivity contribution in [2.75, 3.05) is 12.5 Å². The first kappa shape index (κ1) is 17.0. The molecule has 0 unspecified atom stereocenters. The number of anilines is 1.